The molecular formula is C23H30F3N3O3. The number of carboxylic acid groups (broad SMARTS) is 1. The third kappa shape index (κ3) is 6.46. The first-order valence-electron chi connectivity index (χ1n) is 11.2. The molecule has 2 amide bonds. The molecule has 0 saturated carbocycles. The quantitative estimate of drug-likeness (QED) is 0.499. The summed E-state index contributed by atoms with van der Waals surface area (Å²) in [6.45, 7) is 2.23. The number of alkyl halides is 3. The van der Waals surface area contributed by atoms with Crippen LogP contribution in [0.3, 0.4) is 0 Å². The van der Waals surface area contributed by atoms with Crippen LogP contribution >= 0.6 is 0 Å². The average Bonchev–Trinajstić information content (AvgIpc) is 3.12. The summed E-state index contributed by atoms with van der Waals surface area (Å²) < 4.78 is 39.4. The van der Waals surface area contributed by atoms with Gasteiger partial charge in [0.2, 0.25) is 0 Å². The summed E-state index contributed by atoms with van der Waals surface area (Å²) in [6, 6.07) is 3.34. The lowest BCUT2D eigenvalue weighted by molar-refractivity contribution is -0.138. The van der Waals surface area contributed by atoms with E-state index in [4.69, 9.17) is 0 Å². The fourth-order valence-corrected chi connectivity index (χ4v) is 4.36. The molecule has 2 heterocycles. The fraction of sp³-hybridized carbons (Fsp3) is 0.609. The topological polar surface area (TPSA) is 73.2 Å². The molecule has 1 saturated heterocycles. The number of aliphatic imine (C=N–C) groups is 1. The molecule has 1 N–H and O–H groups in total. The molecule has 0 aromatic heterocycles. The van der Waals surface area contributed by atoms with E-state index in [9.17, 15) is 27.9 Å². The van der Waals surface area contributed by atoms with E-state index in [1.54, 1.807) is 4.90 Å². The molecular weight excluding hydrogens is 423 g/mol. The van der Waals surface area contributed by atoms with Crippen molar-refractivity contribution in [3.63, 3.8) is 0 Å². The Morgan fingerprint density at radius 2 is 1.97 bits per heavy atom. The van der Waals surface area contributed by atoms with Gasteiger partial charge in [0, 0.05) is 31.9 Å². The molecule has 0 aliphatic carbocycles. The van der Waals surface area contributed by atoms with Gasteiger partial charge in [0.1, 0.15) is 0 Å². The van der Waals surface area contributed by atoms with Gasteiger partial charge < -0.3 is 14.9 Å². The number of carbonyl (C=O) groups excluding carboxylic acids is 1. The second-order valence-corrected chi connectivity index (χ2v) is 8.42. The van der Waals surface area contributed by atoms with Crippen molar-refractivity contribution < 1.29 is 27.9 Å². The number of aliphatic carboxylic acids is 1. The highest BCUT2D eigenvalue weighted by Crippen LogP contribution is 2.34. The van der Waals surface area contributed by atoms with E-state index in [0.717, 1.165) is 50.8 Å². The van der Waals surface area contributed by atoms with Crippen molar-refractivity contribution in [1.29, 1.82) is 0 Å². The van der Waals surface area contributed by atoms with E-state index in [1.807, 2.05) is 0 Å². The van der Waals surface area contributed by atoms with Gasteiger partial charge in [-0.15, -0.1) is 0 Å². The van der Waals surface area contributed by atoms with Crippen LogP contribution in [-0.4, -0.2) is 58.8 Å². The van der Waals surface area contributed by atoms with Crippen LogP contribution in [0, 0.1) is 0 Å². The highest BCUT2D eigenvalue weighted by Gasteiger charge is 2.37. The van der Waals surface area contributed by atoms with E-state index in [0.29, 0.717) is 19.6 Å². The van der Waals surface area contributed by atoms with E-state index in [-0.39, 0.29) is 11.6 Å². The van der Waals surface area contributed by atoms with Gasteiger partial charge in [-0.3, -0.25) is 9.79 Å². The summed E-state index contributed by atoms with van der Waals surface area (Å²) in [5, 5.41) is 9.31. The Kier molecular flexibility index (Phi) is 8.15. The lowest BCUT2D eigenvalue weighted by Gasteiger charge is -2.28. The standard InChI is InChI=1S/C23H30F3N3O3/c24-23(25,26)18-8-6-7-17(15-18)20(16-21(30)31)29-14-13-28(22(29)32)12-5-1-2-9-19-10-3-4-11-27-19/h6-8,15,20H,1-5,9-14,16H2,(H,30,31). The number of nitrogens with zero attached hydrogens (tertiary/aromatic N) is 3. The summed E-state index contributed by atoms with van der Waals surface area (Å²) in [5.74, 6) is -1.16. The van der Waals surface area contributed by atoms with Gasteiger partial charge in [-0.25, -0.2) is 4.79 Å². The molecule has 6 nitrogen and oxygen atoms in total. The first kappa shape index (κ1) is 24.1. The average molecular weight is 454 g/mol. The smallest absolute Gasteiger partial charge is 0.416 e. The number of unbranched alkanes of at least 4 members (excludes halogenated alkanes) is 2. The van der Waals surface area contributed by atoms with Crippen molar-refractivity contribution in [3.05, 3.63) is 35.4 Å². The summed E-state index contributed by atoms with van der Waals surface area (Å²) in [7, 11) is 0. The third-order valence-electron chi connectivity index (χ3n) is 6.07. The lowest BCUT2D eigenvalue weighted by atomic mass is 10.00. The predicted molar refractivity (Wildman–Crippen MR) is 115 cm³/mol. The van der Waals surface area contributed by atoms with Gasteiger partial charge >= 0.3 is 18.2 Å². The Morgan fingerprint density at radius 3 is 2.66 bits per heavy atom. The fourth-order valence-electron chi connectivity index (χ4n) is 4.36. The summed E-state index contributed by atoms with van der Waals surface area (Å²) in [6.07, 6.45) is 2.31. The van der Waals surface area contributed by atoms with Crippen LogP contribution in [0.2, 0.25) is 0 Å². The summed E-state index contributed by atoms with van der Waals surface area (Å²) in [5.41, 5.74) is 0.624. The maximum Gasteiger partial charge on any atom is 0.416 e. The molecule has 0 radical (unpaired) electrons. The first-order valence-corrected chi connectivity index (χ1v) is 11.2. The van der Waals surface area contributed by atoms with Gasteiger partial charge in [-0.05, 0) is 56.2 Å². The van der Waals surface area contributed by atoms with E-state index in [1.165, 1.54) is 35.6 Å². The maximum absolute atomic E-state index is 13.1. The molecule has 2 aliphatic rings. The number of halogens is 3. The molecule has 3 rings (SSSR count). The highest BCUT2D eigenvalue weighted by atomic mass is 19.4. The lowest BCUT2D eigenvalue weighted by Crippen LogP contribution is -2.36. The van der Waals surface area contributed by atoms with Gasteiger partial charge in [0.15, 0.2) is 0 Å². The minimum Gasteiger partial charge on any atom is -0.481 e. The van der Waals surface area contributed by atoms with Crippen LogP contribution < -0.4 is 0 Å². The van der Waals surface area contributed by atoms with E-state index >= 15 is 0 Å². The number of hydrogen-bond acceptors (Lipinski definition) is 3. The Morgan fingerprint density at radius 1 is 1.16 bits per heavy atom. The van der Waals surface area contributed by atoms with Crippen LogP contribution in [0.4, 0.5) is 18.0 Å². The predicted octanol–water partition coefficient (Wildman–Crippen LogP) is 5.14. The van der Waals surface area contributed by atoms with Gasteiger partial charge in [-0.1, -0.05) is 18.6 Å². The summed E-state index contributed by atoms with van der Waals surface area (Å²) >= 11 is 0. The Labute approximate surface area is 186 Å². The molecule has 0 bridgehead atoms. The minimum absolute atomic E-state index is 0.186. The second kappa shape index (κ2) is 10.8. The largest absolute Gasteiger partial charge is 0.481 e. The zero-order valence-corrected chi connectivity index (χ0v) is 18.1. The highest BCUT2D eigenvalue weighted by molar-refractivity contribution is 5.84. The van der Waals surface area contributed by atoms with Crippen LogP contribution in [0.15, 0.2) is 29.3 Å². The first-order chi connectivity index (χ1) is 15.3. The molecule has 32 heavy (non-hydrogen) atoms. The Balaban J connectivity index is 1.57. The molecule has 1 aromatic rings. The maximum atomic E-state index is 13.1. The van der Waals surface area contributed by atoms with Crippen molar-refractivity contribution in [2.45, 2.75) is 63.6 Å². The molecule has 1 aromatic carbocycles. The number of hydrogen-bond donors (Lipinski definition) is 1. The molecule has 2 aliphatic heterocycles. The summed E-state index contributed by atoms with van der Waals surface area (Å²) in [4.78, 5) is 31.9. The number of rotatable bonds is 10. The number of urea groups is 1. The Hall–Kier alpha value is -2.58. The van der Waals surface area contributed by atoms with Crippen LogP contribution in [0.25, 0.3) is 0 Å². The number of benzene rings is 1. The van der Waals surface area contributed by atoms with Gasteiger partial charge in [0.25, 0.3) is 0 Å². The minimum atomic E-state index is -4.53. The molecule has 1 fully saturated rings. The van der Waals surface area contributed by atoms with Gasteiger partial charge in [0.05, 0.1) is 18.0 Å². The third-order valence-corrected chi connectivity index (χ3v) is 6.07. The van der Waals surface area contributed by atoms with Gasteiger partial charge in [-0.2, -0.15) is 13.2 Å². The van der Waals surface area contributed by atoms with Crippen LogP contribution in [0.1, 0.15) is 68.5 Å². The monoisotopic (exact) mass is 453 g/mol. The molecule has 176 valence electrons. The zero-order chi connectivity index (χ0) is 23.1. The van der Waals surface area contributed by atoms with E-state index < -0.39 is 30.2 Å². The number of amides is 2. The molecule has 9 heteroatoms. The molecule has 1 unspecified atom stereocenters. The van der Waals surface area contributed by atoms with Crippen molar-refractivity contribution in [3.8, 4) is 0 Å². The number of carbonyl (C=O) groups is 2. The van der Waals surface area contributed by atoms with Crippen LogP contribution in [0.5, 0.6) is 0 Å². The van der Waals surface area contributed by atoms with Crippen molar-refractivity contribution in [2.75, 3.05) is 26.2 Å². The SMILES string of the molecule is O=C(O)CC(c1cccc(C(F)(F)F)c1)N1CCN(CCCCCC2=NCCCC2)C1=O. The molecule has 1 atom stereocenters. The zero-order valence-electron chi connectivity index (χ0n) is 18.1. The van der Waals surface area contributed by atoms with Crippen molar-refractivity contribution in [2.24, 2.45) is 4.99 Å². The second-order valence-electron chi connectivity index (χ2n) is 8.42. The van der Waals surface area contributed by atoms with Crippen LogP contribution in [-0.2, 0) is 11.0 Å². The number of carboxylic acids is 1. The molecule has 0 spiro atoms. The van der Waals surface area contributed by atoms with E-state index in [2.05, 4.69) is 4.99 Å². The van der Waals surface area contributed by atoms with Crippen molar-refractivity contribution >= 4 is 17.7 Å². The Bertz CT molecular complexity index is 841. The normalized spacial score (nSPS) is 18.1. The van der Waals surface area contributed by atoms with Crippen molar-refractivity contribution in [1.82, 2.24) is 9.80 Å².